The summed E-state index contributed by atoms with van der Waals surface area (Å²) in [6, 6.07) is 7.91. The van der Waals surface area contributed by atoms with E-state index in [0.29, 0.717) is 0 Å². The summed E-state index contributed by atoms with van der Waals surface area (Å²) in [5.41, 5.74) is 0.796. The van der Waals surface area contributed by atoms with E-state index in [1.54, 1.807) is 24.3 Å². The maximum absolute atomic E-state index is 12.0. The van der Waals surface area contributed by atoms with Gasteiger partial charge in [0.15, 0.2) is 9.84 Å². The third-order valence-electron chi connectivity index (χ3n) is 3.50. The van der Waals surface area contributed by atoms with Gasteiger partial charge in [-0.05, 0) is 12.0 Å². The molecule has 1 aliphatic heterocycles. The molecule has 1 aromatic carbocycles. The Bertz CT molecular complexity index is 626. The molecule has 2 atom stereocenters. The molecule has 1 fully saturated rings. The first-order valence-corrected chi connectivity index (χ1v) is 8.47. The average molecular weight is 311 g/mol. The highest BCUT2D eigenvalue weighted by atomic mass is 32.2. The Hall–Kier alpha value is -1.89. The molecule has 7 heteroatoms. The van der Waals surface area contributed by atoms with Crippen molar-refractivity contribution in [3.63, 3.8) is 0 Å². The highest BCUT2D eigenvalue weighted by Crippen LogP contribution is 2.18. The van der Waals surface area contributed by atoms with Crippen molar-refractivity contribution in [3.8, 4) is 0 Å². The number of carbonyl (C=O) groups excluding carboxylic acids is 1. The van der Waals surface area contributed by atoms with Crippen LogP contribution in [-0.2, 0) is 25.8 Å². The molecule has 1 amide bonds. The van der Waals surface area contributed by atoms with Gasteiger partial charge < -0.3 is 10.4 Å². The van der Waals surface area contributed by atoms with Gasteiger partial charge in [0.25, 0.3) is 0 Å². The van der Waals surface area contributed by atoms with Crippen LogP contribution in [-0.4, -0.2) is 42.9 Å². The minimum atomic E-state index is -3.16. The maximum Gasteiger partial charge on any atom is 0.326 e. The molecule has 2 rings (SSSR count). The number of sulfone groups is 1. The lowest BCUT2D eigenvalue weighted by Crippen LogP contribution is -2.45. The first kappa shape index (κ1) is 15.5. The third kappa shape index (κ3) is 4.29. The summed E-state index contributed by atoms with van der Waals surface area (Å²) in [7, 11) is -3.16. The lowest BCUT2D eigenvalue weighted by molar-refractivity contribution is -0.142. The van der Waals surface area contributed by atoms with E-state index in [1.807, 2.05) is 6.07 Å². The molecule has 21 heavy (non-hydrogen) atoms. The highest BCUT2D eigenvalue weighted by molar-refractivity contribution is 7.91. The second-order valence-corrected chi connectivity index (χ2v) is 7.42. The van der Waals surface area contributed by atoms with E-state index in [4.69, 9.17) is 0 Å². The third-order valence-corrected chi connectivity index (χ3v) is 5.27. The van der Waals surface area contributed by atoms with Crippen LogP contribution in [0.4, 0.5) is 0 Å². The number of rotatable bonds is 5. The van der Waals surface area contributed by atoms with Gasteiger partial charge in [-0.15, -0.1) is 0 Å². The molecule has 0 saturated carbocycles. The molecule has 2 unspecified atom stereocenters. The van der Waals surface area contributed by atoms with Gasteiger partial charge in [-0.3, -0.25) is 4.79 Å². The fraction of sp³-hybridized carbons (Fsp3) is 0.429. The van der Waals surface area contributed by atoms with Crippen molar-refractivity contribution >= 4 is 21.7 Å². The number of nitrogens with one attached hydrogen (secondary N) is 1. The molecule has 0 aromatic heterocycles. The summed E-state index contributed by atoms with van der Waals surface area (Å²) < 4.78 is 22.7. The Morgan fingerprint density at radius 2 is 1.95 bits per heavy atom. The van der Waals surface area contributed by atoms with Crippen molar-refractivity contribution < 1.29 is 23.1 Å². The van der Waals surface area contributed by atoms with Gasteiger partial charge in [0.1, 0.15) is 6.04 Å². The van der Waals surface area contributed by atoms with E-state index in [-0.39, 0.29) is 24.3 Å². The zero-order valence-corrected chi connectivity index (χ0v) is 12.2. The lowest BCUT2D eigenvalue weighted by Gasteiger charge is -2.17. The fourth-order valence-corrected chi connectivity index (χ4v) is 4.08. The van der Waals surface area contributed by atoms with Crippen LogP contribution in [0.5, 0.6) is 0 Å². The van der Waals surface area contributed by atoms with Crippen LogP contribution < -0.4 is 5.32 Å². The van der Waals surface area contributed by atoms with E-state index < -0.39 is 33.7 Å². The normalized spacial score (nSPS) is 21.6. The largest absolute Gasteiger partial charge is 0.480 e. The Morgan fingerprint density at radius 3 is 2.48 bits per heavy atom. The van der Waals surface area contributed by atoms with Crippen molar-refractivity contribution in [1.82, 2.24) is 5.32 Å². The predicted octanol–water partition coefficient (Wildman–Crippen LogP) is 0.233. The minimum Gasteiger partial charge on any atom is -0.480 e. The zero-order chi connectivity index (χ0) is 15.5. The second-order valence-electron chi connectivity index (χ2n) is 5.19. The highest BCUT2D eigenvalue weighted by Gasteiger charge is 2.34. The Balaban J connectivity index is 2.00. The number of benzene rings is 1. The zero-order valence-electron chi connectivity index (χ0n) is 11.4. The van der Waals surface area contributed by atoms with Crippen LogP contribution >= 0.6 is 0 Å². The topological polar surface area (TPSA) is 101 Å². The first-order valence-electron chi connectivity index (χ1n) is 6.65. The maximum atomic E-state index is 12.0. The molecule has 1 aromatic rings. The van der Waals surface area contributed by atoms with Gasteiger partial charge in [0.2, 0.25) is 5.91 Å². The van der Waals surface area contributed by atoms with Crippen LogP contribution in [0.15, 0.2) is 30.3 Å². The quantitative estimate of drug-likeness (QED) is 0.811. The molecule has 1 saturated heterocycles. The van der Waals surface area contributed by atoms with Crippen LogP contribution in [0.25, 0.3) is 0 Å². The van der Waals surface area contributed by atoms with Crippen molar-refractivity contribution in [3.05, 3.63) is 35.9 Å². The van der Waals surface area contributed by atoms with Gasteiger partial charge in [0.05, 0.1) is 17.4 Å². The lowest BCUT2D eigenvalue weighted by atomic mass is 10.0. The van der Waals surface area contributed by atoms with Gasteiger partial charge in [-0.2, -0.15) is 0 Å². The van der Waals surface area contributed by atoms with E-state index in [2.05, 4.69) is 5.32 Å². The minimum absolute atomic E-state index is 0.0124. The van der Waals surface area contributed by atoms with Crippen LogP contribution in [0.2, 0.25) is 0 Å². The van der Waals surface area contributed by atoms with Crippen molar-refractivity contribution in [2.24, 2.45) is 5.92 Å². The van der Waals surface area contributed by atoms with Crippen LogP contribution in [0, 0.1) is 5.92 Å². The molecule has 114 valence electrons. The van der Waals surface area contributed by atoms with E-state index in [9.17, 15) is 23.1 Å². The van der Waals surface area contributed by atoms with Crippen molar-refractivity contribution in [2.45, 2.75) is 18.9 Å². The number of aliphatic carboxylic acids is 1. The van der Waals surface area contributed by atoms with Gasteiger partial charge in [-0.25, -0.2) is 13.2 Å². The monoisotopic (exact) mass is 311 g/mol. The Labute approximate surface area is 123 Å². The molecule has 2 N–H and O–H groups in total. The second kappa shape index (κ2) is 6.26. The summed E-state index contributed by atoms with van der Waals surface area (Å²) in [6.07, 6.45) is 0.424. The number of hydrogen-bond donors (Lipinski definition) is 2. The fourth-order valence-electron chi connectivity index (χ4n) is 2.34. The van der Waals surface area contributed by atoms with Crippen molar-refractivity contribution in [1.29, 1.82) is 0 Å². The average Bonchev–Trinajstić information content (AvgIpc) is 2.79. The summed E-state index contributed by atoms with van der Waals surface area (Å²) >= 11 is 0. The van der Waals surface area contributed by atoms with E-state index in [0.717, 1.165) is 5.56 Å². The molecular weight excluding hydrogens is 294 g/mol. The molecule has 1 aliphatic rings. The number of carboxylic acids is 1. The Kier molecular flexibility index (Phi) is 4.62. The summed E-state index contributed by atoms with van der Waals surface area (Å²) in [5.74, 6) is -2.49. The molecule has 1 heterocycles. The first-order chi connectivity index (χ1) is 9.87. The molecule has 0 spiro atoms. The standard InChI is InChI=1S/C14H17NO5S/c16-13(11-6-7-21(19,20)9-11)15-12(14(17)18)8-10-4-2-1-3-5-10/h1-5,11-12H,6-9H2,(H,15,16)(H,17,18). The van der Waals surface area contributed by atoms with Crippen LogP contribution in [0.1, 0.15) is 12.0 Å². The number of amides is 1. The number of carboxylic acid groups (broad SMARTS) is 1. The summed E-state index contributed by atoms with van der Waals surface area (Å²) in [4.78, 5) is 23.2. The molecule has 0 aliphatic carbocycles. The molecule has 0 bridgehead atoms. The van der Waals surface area contributed by atoms with E-state index in [1.165, 1.54) is 0 Å². The summed E-state index contributed by atoms with van der Waals surface area (Å²) in [5, 5.41) is 11.6. The number of carbonyl (C=O) groups is 2. The Morgan fingerprint density at radius 1 is 1.29 bits per heavy atom. The van der Waals surface area contributed by atoms with Crippen LogP contribution in [0.3, 0.4) is 0 Å². The van der Waals surface area contributed by atoms with E-state index >= 15 is 0 Å². The van der Waals surface area contributed by atoms with Gasteiger partial charge in [0, 0.05) is 6.42 Å². The van der Waals surface area contributed by atoms with Gasteiger partial charge in [-0.1, -0.05) is 30.3 Å². The molecular formula is C14H17NO5S. The predicted molar refractivity (Wildman–Crippen MR) is 76.5 cm³/mol. The summed E-state index contributed by atoms with van der Waals surface area (Å²) in [6.45, 7) is 0. The molecule has 0 radical (unpaired) electrons. The van der Waals surface area contributed by atoms with Gasteiger partial charge >= 0.3 is 5.97 Å². The SMILES string of the molecule is O=C(NC(Cc1ccccc1)C(=O)O)C1CCS(=O)(=O)C1. The number of hydrogen-bond acceptors (Lipinski definition) is 4. The molecule has 6 nitrogen and oxygen atoms in total. The smallest absolute Gasteiger partial charge is 0.326 e. The van der Waals surface area contributed by atoms with Crippen molar-refractivity contribution in [2.75, 3.05) is 11.5 Å².